The summed E-state index contributed by atoms with van der Waals surface area (Å²) in [6.45, 7) is 3.16. The van der Waals surface area contributed by atoms with E-state index in [2.05, 4.69) is 4.74 Å². The molecular formula is C12H15NO5. The smallest absolute Gasteiger partial charge is 0.311 e. The molecule has 0 heterocycles. The molecule has 0 amide bonds. The highest BCUT2D eigenvalue weighted by Gasteiger charge is 2.19. The minimum atomic E-state index is -0.518. The number of ether oxygens (including phenoxy) is 2. The molecule has 0 bridgehead atoms. The fraction of sp³-hybridized carbons (Fsp3) is 0.417. The number of aryl methyl sites for hydroxylation is 2. The second-order valence-corrected chi connectivity index (χ2v) is 3.95. The number of carbonyl (C=O) groups is 1. The van der Waals surface area contributed by atoms with Crippen molar-refractivity contribution in [2.75, 3.05) is 20.3 Å². The van der Waals surface area contributed by atoms with Gasteiger partial charge in [0.15, 0.2) is 5.78 Å². The Kier molecular flexibility index (Phi) is 4.79. The van der Waals surface area contributed by atoms with Crippen molar-refractivity contribution in [3.05, 3.63) is 33.4 Å². The number of methoxy groups -OCH3 is 1. The van der Waals surface area contributed by atoms with E-state index >= 15 is 0 Å². The van der Waals surface area contributed by atoms with E-state index in [1.54, 1.807) is 19.9 Å². The van der Waals surface area contributed by atoms with Crippen LogP contribution in [0.25, 0.3) is 0 Å². The van der Waals surface area contributed by atoms with Gasteiger partial charge in [-0.05, 0) is 25.0 Å². The highest BCUT2D eigenvalue weighted by atomic mass is 16.6. The number of hydrogen-bond acceptors (Lipinski definition) is 5. The number of Topliss-reactive ketones (excluding diaryl/α,β-unsaturated/α-hetero) is 1. The molecule has 0 fully saturated rings. The van der Waals surface area contributed by atoms with Crippen molar-refractivity contribution in [1.82, 2.24) is 0 Å². The fourth-order valence-electron chi connectivity index (χ4n) is 1.61. The summed E-state index contributed by atoms with van der Waals surface area (Å²) in [6.07, 6.45) is 0. The second-order valence-electron chi connectivity index (χ2n) is 3.95. The molecule has 0 radical (unpaired) electrons. The lowest BCUT2D eigenvalue weighted by molar-refractivity contribution is -0.385. The van der Waals surface area contributed by atoms with Crippen molar-refractivity contribution in [3.8, 4) is 5.75 Å². The number of nitro groups is 1. The second kappa shape index (κ2) is 6.11. The van der Waals surface area contributed by atoms with Crippen molar-refractivity contribution in [1.29, 1.82) is 0 Å². The third kappa shape index (κ3) is 3.53. The molecule has 0 aliphatic heterocycles. The summed E-state index contributed by atoms with van der Waals surface area (Å²) >= 11 is 0. The van der Waals surface area contributed by atoms with Crippen LogP contribution in [0.3, 0.4) is 0 Å². The van der Waals surface area contributed by atoms with Gasteiger partial charge in [-0.3, -0.25) is 14.9 Å². The molecule has 6 heteroatoms. The largest absolute Gasteiger partial charge is 0.479 e. The zero-order valence-electron chi connectivity index (χ0n) is 10.6. The van der Waals surface area contributed by atoms with Crippen LogP contribution in [0.4, 0.5) is 5.69 Å². The third-order valence-corrected chi connectivity index (χ3v) is 2.28. The summed E-state index contributed by atoms with van der Waals surface area (Å²) in [6, 6.07) is 3.19. The van der Waals surface area contributed by atoms with Gasteiger partial charge in [-0.1, -0.05) is 6.07 Å². The average molecular weight is 253 g/mol. The number of hydrogen-bond donors (Lipinski definition) is 0. The van der Waals surface area contributed by atoms with Crippen LogP contribution in [0.15, 0.2) is 12.1 Å². The standard InChI is InChI=1S/C12H15NO5/c1-8-4-9(2)12(11(5-8)13(15)16)18-7-10(14)6-17-3/h4-5H,6-7H2,1-3H3. The molecule has 0 saturated heterocycles. The lowest BCUT2D eigenvalue weighted by atomic mass is 10.1. The molecule has 1 aromatic carbocycles. The van der Waals surface area contributed by atoms with Crippen LogP contribution in [0.5, 0.6) is 5.75 Å². The van der Waals surface area contributed by atoms with Crippen molar-refractivity contribution in [2.24, 2.45) is 0 Å². The highest BCUT2D eigenvalue weighted by Crippen LogP contribution is 2.31. The van der Waals surface area contributed by atoms with Crippen molar-refractivity contribution >= 4 is 11.5 Å². The van der Waals surface area contributed by atoms with Crippen molar-refractivity contribution in [2.45, 2.75) is 13.8 Å². The van der Waals surface area contributed by atoms with Gasteiger partial charge < -0.3 is 9.47 Å². The fourth-order valence-corrected chi connectivity index (χ4v) is 1.61. The molecule has 1 rings (SSSR count). The lowest BCUT2D eigenvalue weighted by Crippen LogP contribution is -2.17. The van der Waals surface area contributed by atoms with Crippen LogP contribution >= 0.6 is 0 Å². The zero-order chi connectivity index (χ0) is 13.7. The van der Waals surface area contributed by atoms with Crippen LogP contribution < -0.4 is 4.74 Å². The molecule has 1 aromatic rings. The van der Waals surface area contributed by atoms with Crippen LogP contribution in [0.2, 0.25) is 0 Å². The van der Waals surface area contributed by atoms with Gasteiger partial charge in [-0.2, -0.15) is 0 Å². The van der Waals surface area contributed by atoms with E-state index in [0.29, 0.717) is 5.56 Å². The van der Waals surface area contributed by atoms with Gasteiger partial charge in [-0.25, -0.2) is 0 Å². The van der Waals surface area contributed by atoms with E-state index in [1.165, 1.54) is 13.2 Å². The minimum Gasteiger partial charge on any atom is -0.479 e. The van der Waals surface area contributed by atoms with Gasteiger partial charge >= 0.3 is 5.69 Å². The Hall–Kier alpha value is -1.95. The molecule has 0 N–H and O–H groups in total. The summed E-state index contributed by atoms with van der Waals surface area (Å²) in [4.78, 5) is 21.7. The van der Waals surface area contributed by atoms with Crippen LogP contribution in [-0.2, 0) is 9.53 Å². The van der Waals surface area contributed by atoms with Gasteiger partial charge in [0, 0.05) is 13.2 Å². The zero-order valence-corrected chi connectivity index (χ0v) is 10.6. The summed E-state index contributed by atoms with van der Waals surface area (Å²) < 4.78 is 9.88. The highest BCUT2D eigenvalue weighted by molar-refractivity contribution is 5.81. The molecule has 0 unspecified atom stereocenters. The van der Waals surface area contributed by atoms with E-state index < -0.39 is 4.92 Å². The summed E-state index contributed by atoms with van der Waals surface area (Å²) in [5.41, 5.74) is 1.28. The monoisotopic (exact) mass is 253 g/mol. The summed E-state index contributed by atoms with van der Waals surface area (Å²) in [7, 11) is 1.40. The van der Waals surface area contributed by atoms with E-state index in [-0.39, 0.29) is 30.4 Å². The first-order valence-electron chi connectivity index (χ1n) is 5.34. The Morgan fingerprint density at radius 3 is 2.56 bits per heavy atom. The van der Waals surface area contributed by atoms with E-state index in [1.807, 2.05) is 0 Å². The maximum atomic E-state index is 11.3. The summed E-state index contributed by atoms with van der Waals surface area (Å²) in [5, 5.41) is 10.9. The number of rotatable bonds is 6. The van der Waals surface area contributed by atoms with E-state index in [0.717, 1.165) is 5.56 Å². The molecule has 0 aliphatic carbocycles. The van der Waals surface area contributed by atoms with Gasteiger partial charge in [0.2, 0.25) is 5.75 Å². The summed E-state index contributed by atoms with van der Waals surface area (Å²) in [5.74, 6) is -0.137. The van der Waals surface area contributed by atoms with Gasteiger partial charge in [0.25, 0.3) is 0 Å². The van der Waals surface area contributed by atoms with Crippen molar-refractivity contribution < 1.29 is 19.2 Å². The van der Waals surface area contributed by atoms with Crippen LogP contribution in [-0.4, -0.2) is 31.0 Å². The SMILES string of the molecule is COCC(=O)COc1c(C)cc(C)cc1[N+](=O)[O-]. The van der Waals surface area contributed by atoms with Gasteiger partial charge in [0.05, 0.1) is 4.92 Å². The van der Waals surface area contributed by atoms with Crippen molar-refractivity contribution in [3.63, 3.8) is 0 Å². The Morgan fingerprint density at radius 2 is 2.00 bits per heavy atom. The molecular weight excluding hydrogens is 238 g/mol. The minimum absolute atomic E-state index is 0.0707. The Balaban J connectivity index is 2.93. The Morgan fingerprint density at radius 1 is 1.33 bits per heavy atom. The number of carbonyl (C=O) groups excluding carboxylic acids is 1. The molecule has 18 heavy (non-hydrogen) atoms. The maximum Gasteiger partial charge on any atom is 0.311 e. The van der Waals surface area contributed by atoms with Crippen LogP contribution in [0.1, 0.15) is 11.1 Å². The normalized spacial score (nSPS) is 10.2. The Labute approximate surface area is 105 Å². The molecule has 0 saturated carbocycles. The first kappa shape index (κ1) is 14.1. The Bertz CT molecular complexity index is 470. The molecule has 6 nitrogen and oxygen atoms in total. The first-order chi connectivity index (χ1) is 8.45. The predicted octanol–water partition coefficient (Wildman–Crippen LogP) is 1.81. The van der Waals surface area contributed by atoms with Crippen LogP contribution in [0, 0.1) is 24.0 Å². The molecule has 0 aliphatic rings. The number of ketones is 1. The molecule has 0 aromatic heterocycles. The van der Waals surface area contributed by atoms with E-state index in [4.69, 9.17) is 4.74 Å². The number of nitro benzene ring substituents is 1. The third-order valence-electron chi connectivity index (χ3n) is 2.28. The van der Waals surface area contributed by atoms with E-state index in [9.17, 15) is 14.9 Å². The first-order valence-corrected chi connectivity index (χ1v) is 5.34. The lowest BCUT2D eigenvalue weighted by Gasteiger charge is -2.09. The number of nitrogens with zero attached hydrogens (tertiary/aromatic N) is 1. The number of benzene rings is 1. The average Bonchev–Trinajstić information content (AvgIpc) is 2.27. The maximum absolute atomic E-state index is 11.3. The van der Waals surface area contributed by atoms with Gasteiger partial charge in [-0.15, -0.1) is 0 Å². The quantitative estimate of drug-likeness (QED) is 0.570. The molecule has 0 atom stereocenters. The predicted molar refractivity (Wildman–Crippen MR) is 64.9 cm³/mol. The van der Waals surface area contributed by atoms with Gasteiger partial charge in [0.1, 0.15) is 13.2 Å². The topological polar surface area (TPSA) is 78.7 Å². The molecule has 0 spiro atoms. The molecule has 98 valence electrons.